The second-order valence-corrected chi connectivity index (χ2v) is 7.30. The summed E-state index contributed by atoms with van der Waals surface area (Å²) in [5.41, 5.74) is 2.62. The minimum atomic E-state index is -0.0473. The van der Waals surface area contributed by atoms with Gasteiger partial charge in [-0.25, -0.2) is 0 Å². The molecule has 0 spiro atoms. The summed E-state index contributed by atoms with van der Waals surface area (Å²) >= 11 is 0. The van der Waals surface area contributed by atoms with Gasteiger partial charge in [0.15, 0.2) is 11.5 Å². The van der Waals surface area contributed by atoms with E-state index in [0.29, 0.717) is 36.5 Å². The van der Waals surface area contributed by atoms with Gasteiger partial charge in [-0.2, -0.15) is 5.26 Å². The van der Waals surface area contributed by atoms with Gasteiger partial charge in [-0.3, -0.25) is 4.79 Å². The molecule has 0 aliphatic heterocycles. The third-order valence-electron chi connectivity index (χ3n) is 4.13. The van der Waals surface area contributed by atoms with Gasteiger partial charge in [-0.1, -0.05) is 32.9 Å². The summed E-state index contributed by atoms with van der Waals surface area (Å²) in [5.74, 6) is 1.03. The van der Waals surface area contributed by atoms with Crippen LogP contribution in [0.5, 0.6) is 11.5 Å². The number of hydrogen-bond donors (Lipinski definition) is 1. The monoisotopic (exact) mass is 366 g/mol. The molecule has 2 rings (SSSR count). The summed E-state index contributed by atoms with van der Waals surface area (Å²) in [7, 11) is 1.53. The zero-order valence-corrected chi connectivity index (χ0v) is 16.3. The Morgan fingerprint density at radius 1 is 1.11 bits per heavy atom. The fourth-order valence-electron chi connectivity index (χ4n) is 2.55. The van der Waals surface area contributed by atoms with Gasteiger partial charge in [0.25, 0.3) is 0 Å². The number of nitrogens with zero attached hydrogens (tertiary/aromatic N) is 1. The molecule has 142 valence electrons. The number of methoxy groups -OCH3 is 1. The lowest BCUT2D eigenvalue weighted by atomic mass is 9.87. The van der Waals surface area contributed by atoms with Gasteiger partial charge in [-0.05, 0) is 41.7 Å². The van der Waals surface area contributed by atoms with Crippen molar-refractivity contribution in [1.82, 2.24) is 0 Å². The number of hydrogen-bond acceptors (Lipinski definition) is 4. The van der Waals surface area contributed by atoms with Crippen LogP contribution in [0.25, 0.3) is 0 Å². The van der Waals surface area contributed by atoms with Crippen LogP contribution in [0.15, 0.2) is 42.5 Å². The van der Waals surface area contributed by atoms with E-state index in [4.69, 9.17) is 14.7 Å². The van der Waals surface area contributed by atoms with Gasteiger partial charge in [0, 0.05) is 18.2 Å². The van der Waals surface area contributed by atoms with Crippen molar-refractivity contribution in [1.29, 1.82) is 5.26 Å². The first-order valence-electron chi connectivity index (χ1n) is 8.95. The molecule has 0 atom stereocenters. The number of carbonyl (C=O) groups excluding carboxylic acids is 1. The van der Waals surface area contributed by atoms with Crippen LogP contribution in [0.1, 0.15) is 44.7 Å². The maximum atomic E-state index is 12.1. The lowest BCUT2D eigenvalue weighted by Crippen LogP contribution is -2.14. The number of benzene rings is 2. The predicted octanol–water partition coefficient (Wildman–Crippen LogP) is 4.66. The van der Waals surface area contributed by atoms with Crippen molar-refractivity contribution in [2.75, 3.05) is 19.0 Å². The van der Waals surface area contributed by atoms with E-state index in [1.807, 2.05) is 24.3 Å². The molecule has 0 saturated heterocycles. The second-order valence-electron chi connectivity index (χ2n) is 7.30. The van der Waals surface area contributed by atoms with E-state index in [2.05, 4.69) is 32.2 Å². The topological polar surface area (TPSA) is 71.3 Å². The lowest BCUT2D eigenvalue weighted by Gasteiger charge is -2.19. The second kappa shape index (κ2) is 9.09. The molecule has 0 bridgehead atoms. The fourth-order valence-corrected chi connectivity index (χ4v) is 2.55. The van der Waals surface area contributed by atoms with Gasteiger partial charge in [-0.15, -0.1) is 0 Å². The van der Waals surface area contributed by atoms with Gasteiger partial charge >= 0.3 is 0 Å². The van der Waals surface area contributed by atoms with Crippen molar-refractivity contribution in [2.24, 2.45) is 0 Å². The Morgan fingerprint density at radius 3 is 2.41 bits per heavy atom. The van der Waals surface area contributed by atoms with E-state index in [0.717, 1.165) is 5.69 Å². The minimum absolute atomic E-state index is 0.0473. The van der Waals surface area contributed by atoms with E-state index in [-0.39, 0.29) is 11.3 Å². The van der Waals surface area contributed by atoms with E-state index >= 15 is 0 Å². The van der Waals surface area contributed by atoms with Crippen molar-refractivity contribution in [3.05, 3.63) is 53.6 Å². The number of ether oxygens (including phenoxy) is 2. The first kappa shape index (κ1) is 20.3. The number of rotatable bonds is 7. The zero-order valence-electron chi connectivity index (χ0n) is 16.3. The van der Waals surface area contributed by atoms with Crippen molar-refractivity contribution in [2.45, 2.75) is 39.0 Å². The summed E-state index contributed by atoms with van der Waals surface area (Å²) < 4.78 is 10.9. The normalized spacial score (nSPS) is 10.8. The molecule has 1 amide bonds. The highest BCUT2D eigenvalue weighted by atomic mass is 16.5. The highest BCUT2D eigenvalue weighted by Crippen LogP contribution is 2.28. The van der Waals surface area contributed by atoms with Crippen LogP contribution >= 0.6 is 0 Å². The fraction of sp³-hybridized carbons (Fsp3) is 0.364. The van der Waals surface area contributed by atoms with Crippen LogP contribution in [0, 0.1) is 11.3 Å². The first-order valence-corrected chi connectivity index (χ1v) is 8.95. The largest absolute Gasteiger partial charge is 0.493 e. The molecule has 0 aliphatic rings. The molecule has 1 N–H and O–H groups in total. The molecular formula is C22H26N2O3. The molecule has 0 unspecified atom stereocenters. The van der Waals surface area contributed by atoms with Crippen molar-refractivity contribution in [3.8, 4) is 17.6 Å². The van der Waals surface area contributed by atoms with Gasteiger partial charge < -0.3 is 14.8 Å². The molecule has 5 heteroatoms. The van der Waals surface area contributed by atoms with Crippen LogP contribution in [0.2, 0.25) is 0 Å². The maximum absolute atomic E-state index is 12.1. The highest BCUT2D eigenvalue weighted by molar-refractivity contribution is 5.90. The van der Waals surface area contributed by atoms with Crippen molar-refractivity contribution in [3.63, 3.8) is 0 Å². The van der Waals surface area contributed by atoms with Crippen LogP contribution in [-0.4, -0.2) is 19.6 Å². The number of nitriles is 1. The van der Waals surface area contributed by atoms with Crippen LogP contribution in [0.4, 0.5) is 5.69 Å². The van der Waals surface area contributed by atoms with Gasteiger partial charge in [0.05, 0.1) is 25.3 Å². The summed E-state index contributed by atoms with van der Waals surface area (Å²) in [6.45, 7) is 6.86. The molecule has 0 radical (unpaired) electrons. The maximum Gasteiger partial charge on any atom is 0.224 e. The standard InChI is InChI=1S/C22H26N2O3/c1-22(2,3)17-8-10-18(11-9-17)24-21(25)6-5-13-27-19-12-7-16(15-23)14-20(19)26-4/h7-12,14H,5-6,13H2,1-4H3,(H,24,25). The van der Waals surface area contributed by atoms with E-state index in [9.17, 15) is 4.79 Å². The van der Waals surface area contributed by atoms with Crippen molar-refractivity contribution >= 4 is 11.6 Å². The third kappa shape index (κ3) is 6.03. The van der Waals surface area contributed by atoms with Gasteiger partial charge in [0.2, 0.25) is 5.91 Å². The summed E-state index contributed by atoms with van der Waals surface area (Å²) in [6.07, 6.45) is 0.939. The van der Waals surface area contributed by atoms with Crippen LogP contribution in [0.3, 0.4) is 0 Å². The number of carbonyl (C=O) groups is 1. The Bertz CT molecular complexity index is 815. The average molecular weight is 366 g/mol. The first-order chi connectivity index (χ1) is 12.8. The Labute approximate surface area is 160 Å². The molecule has 2 aromatic carbocycles. The van der Waals surface area contributed by atoms with Crippen LogP contribution in [-0.2, 0) is 10.2 Å². The van der Waals surface area contributed by atoms with Crippen molar-refractivity contribution < 1.29 is 14.3 Å². The number of amides is 1. The molecule has 0 aliphatic carbocycles. The third-order valence-corrected chi connectivity index (χ3v) is 4.13. The SMILES string of the molecule is COc1cc(C#N)ccc1OCCCC(=O)Nc1ccc(C(C)(C)C)cc1. The highest BCUT2D eigenvalue weighted by Gasteiger charge is 2.13. The molecule has 0 heterocycles. The Hall–Kier alpha value is -3.00. The number of nitrogens with one attached hydrogen (secondary N) is 1. The molecular weight excluding hydrogens is 340 g/mol. The molecule has 0 fully saturated rings. The summed E-state index contributed by atoms with van der Waals surface area (Å²) in [6, 6.07) is 15.0. The Kier molecular flexibility index (Phi) is 6.84. The Balaban J connectivity index is 1.79. The van der Waals surface area contributed by atoms with Gasteiger partial charge in [0.1, 0.15) is 0 Å². The molecule has 27 heavy (non-hydrogen) atoms. The number of anilines is 1. The molecule has 0 aromatic heterocycles. The quantitative estimate of drug-likeness (QED) is 0.723. The van der Waals surface area contributed by atoms with E-state index < -0.39 is 0 Å². The molecule has 5 nitrogen and oxygen atoms in total. The smallest absolute Gasteiger partial charge is 0.224 e. The lowest BCUT2D eigenvalue weighted by molar-refractivity contribution is -0.116. The average Bonchev–Trinajstić information content (AvgIpc) is 2.65. The minimum Gasteiger partial charge on any atom is -0.493 e. The predicted molar refractivity (Wildman–Crippen MR) is 106 cm³/mol. The van der Waals surface area contributed by atoms with E-state index in [1.54, 1.807) is 18.2 Å². The summed E-state index contributed by atoms with van der Waals surface area (Å²) in [5, 5.41) is 11.8. The summed E-state index contributed by atoms with van der Waals surface area (Å²) in [4.78, 5) is 12.1. The molecule has 2 aromatic rings. The Morgan fingerprint density at radius 2 is 1.81 bits per heavy atom. The zero-order chi connectivity index (χ0) is 19.9. The molecule has 0 saturated carbocycles. The van der Waals surface area contributed by atoms with Crippen LogP contribution < -0.4 is 14.8 Å². The van der Waals surface area contributed by atoms with E-state index in [1.165, 1.54) is 12.7 Å².